The van der Waals surface area contributed by atoms with E-state index in [1.165, 1.54) is 32.2 Å². The van der Waals surface area contributed by atoms with Crippen molar-refractivity contribution in [3.8, 4) is 0 Å². The lowest BCUT2D eigenvalue weighted by Crippen LogP contribution is -2.49. The van der Waals surface area contributed by atoms with Crippen LogP contribution in [-0.4, -0.2) is 74.2 Å². The quantitative estimate of drug-likeness (QED) is 0.788. The predicted octanol–water partition coefficient (Wildman–Crippen LogP) is 0.309. The molecule has 0 spiro atoms. The minimum absolute atomic E-state index is 0.276. The Hall–Kier alpha value is -0.650. The summed E-state index contributed by atoms with van der Waals surface area (Å²) in [4.78, 5) is 16.4. The summed E-state index contributed by atoms with van der Waals surface area (Å²) in [5.41, 5.74) is 0. The van der Waals surface area contributed by atoms with Crippen LogP contribution in [0.25, 0.3) is 0 Å². The molecule has 0 aromatic heterocycles. The van der Waals surface area contributed by atoms with Gasteiger partial charge in [0.1, 0.15) is 0 Å². The third kappa shape index (κ3) is 4.17. The lowest BCUT2D eigenvalue weighted by atomic mass is 10.0. The number of ether oxygens (including phenoxy) is 1. The van der Waals surface area contributed by atoms with Crippen molar-refractivity contribution in [2.45, 2.75) is 31.7 Å². The molecule has 0 atom stereocenters. The first kappa shape index (κ1) is 14.3. The lowest BCUT2D eigenvalue weighted by Gasteiger charge is -2.34. The highest BCUT2D eigenvalue weighted by atomic mass is 16.5. The first-order valence-electron chi connectivity index (χ1n) is 8.12. The fraction of sp³-hybridized carbons (Fsp3) is 0.933. The van der Waals surface area contributed by atoms with Crippen molar-refractivity contribution in [2.75, 3.05) is 52.5 Å². The van der Waals surface area contributed by atoms with Crippen molar-refractivity contribution >= 4 is 5.91 Å². The van der Waals surface area contributed by atoms with Crippen LogP contribution in [0, 0.1) is 5.92 Å². The van der Waals surface area contributed by atoms with E-state index in [0.29, 0.717) is 25.8 Å². The molecule has 1 aliphatic carbocycles. The summed E-state index contributed by atoms with van der Waals surface area (Å²) in [5.74, 6) is 1.23. The summed E-state index contributed by atoms with van der Waals surface area (Å²) >= 11 is 0. The number of nitrogens with one attached hydrogen (secondary N) is 1. The molecule has 5 nitrogen and oxygen atoms in total. The van der Waals surface area contributed by atoms with E-state index in [4.69, 9.17) is 4.74 Å². The van der Waals surface area contributed by atoms with Gasteiger partial charge in [-0.2, -0.15) is 0 Å². The molecular weight excluding hydrogens is 254 g/mol. The molecule has 0 aromatic rings. The molecule has 0 aromatic carbocycles. The van der Waals surface area contributed by atoms with E-state index in [0.717, 1.165) is 32.1 Å². The maximum atomic E-state index is 12.2. The standard InChI is InChI=1S/C15H27N3O2/c19-15(18-7-9-20-10-8-18)12-17-5-3-14(4-6-17)16-11-13-1-2-13/h13-14,16H,1-12H2. The molecule has 1 N–H and O–H groups in total. The van der Waals surface area contributed by atoms with E-state index in [9.17, 15) is 4.79 Å². The Morgan fingerprint density at radius 3 is 2.40 bits per heavy atom. The largest absolute Gasteiger partial charge is 0.378 e. The molecule has 1 amide bonds. The van der Waals surface area contributed by atoms with Crippen LogP contribution in [0.15, 0.2) is 0 Å². The molecule has 0 radical (unpaired) electrons. The maximum absolute atomic E-state index is 12.2. The summed E-state index contributed by atoms with van der Waals surface area (Å²) in [6.45, 7) is 6.82. The third-order valence-corrected chi connectivity index (χ3v) is 4.70. The van der Waals surface area contributed by atoms with Gasteiger partial charge in [-0.1, -0.05) is 0 Å². The van der Waals surface area contributed by atoms with Gasteiger partial charge >= 0.3 is 0 Å². The average molecular weight is 281 g/mol. The average Bonchev–Trinajstić information content (AvgIpc) is 3.32. The van der Waals surface area contributed by atoms with Crippen LogP contribution in [0.2, 0.25) is 0 Å². The fourth-order valence-electron chi connectivity index (χ4n) is 3.05. The van der Waals surface area contributed by atoms with Gasteiger partial charge < -0.3 is 15.0 Å². The molecule has 3 aliphatic rings. The minimum atomic E-state index is 0.276. The molecule has 1 saturated carbocycles. The number of amides is 1. The summed E-state index contributed by atoms with van der Waals surface area (Å²) in [7, 11) is 0. The first-order chi connectivity index (χ1) is 9.81. The highest BCUT2D eigenvalue weighted by molar-refractivity contribution is 5.78. The normalized spacial score (nSPS) is 25.9. The van der Waals surface area contributed by atoms with E-state index >= 15 is 0 Å². The summed E-state index contributed by atoms with van der Waals surface area (Å²) in [5, 5.41) is 3.68. The Morgan fingerprint density at radius 1 is 1.05 bits per heavy atom. The number of hydrogen-bond acceptors (Lipinski definition) is 4. The summed E-state index contributed by atoms with van der Waals surface area (Å²) < 4.78 is 5.29. The molecule has 2 saturated heterocycles. The van der Waals surface area contributed by atoms with Crippen LogP contribution in [0.3, 0.4) is 0 Å². The molecule has 2 heterocycles. The minimum Gasteiger partial charge on any atom is -0.378 e. The number of carbonyl (C=O) groups excluding carboxylic acids is 1. The lowest BCUT2D eigenvalue weighted by molar-refractivity contribution is -0.136. The molecule has 5 heteroatoms. The van der Waals surface area contributed by atoms with E-state index < -0.39 is 0 Å². The van der Waals surface area contributed by atoms with Gasteiger partial charge in [-0.15, -0.1) is 0 Å². The monoisotopic (exact) mass is 281 g/mol. The second-order valence-corrected chi connectivity index (χ2v) is 6.40. The van der Waals surface area contributed by atoms with Gasteiger partial charge in [-0.05, 0) is 38.1 Å². The predicted molar refractivity (Wildman–Crippen MR) is 77.6 cm³/mol. The second kappa shape index (κ2) is 6.87. The van der Waals surface area contributed by atoms with Gasteiger partial charge in [-0.25, -0.2) is 0 Å². The molecule has 3 rings (SSSR count). The van der Waals surface area contributed by atoms with E-state index in [1.807, 2.05) is 4.90 Å². The Labute approximate surface area is 121 Å². The number of likely N-dealkylation sites (tertiary alicyclic amines) is 1. The zero-order valence-electron chi connectivity index (χ0n) is 12.4. The highest BCUT2D eigenvalue weighted by Gasteiger charge is 2.26. The van der Waals surface area contributed by atoms with E-state index in [1.54, 1.807) is 0 Å². The van der Waals surface area contributed by atoms with Gasteiger partial charge in [0.25, 0.3) is 0 Å². The number of hydrogen-bond donors (Lipinski definition) is 1. The third-order valence-electron chi connectivity index (χ3n) is 4.70. The van der Waals surface area contributed by atoms with Crippen LogP contribution < -0.4 is 5.32 Å². The molecule has 114 valence electrons. The van der Waals surface area contributed by atoms with Crippen molar-refractivity contribution in [3.63, 3.8) is 0 Å². The van der Waals surface area contributed by atoms with Crippen LogP contribution >= 0.6 is 0 Å². The van der Waals surface area contributed by atoms with Gasteiger partial charge in [0, 0.05) is 32.2 Å². The second-order valence-electron chi connectivity index (χ2n) is 6.40. The number of nitrogens with zero attached hydrogens (tertiary/aromatic N) is 2. The Kier molecular flexibility index (Phi) is 4.91. The van der Waals surface area contributed by atoms with Gasteiger partial charge in [0.05, 0.1) is 19.8 Å². The first-order valence-corrected chi connectivity index (χ1v) is 8.12. The van der Waals surface area contributed by atoms with Crippen molar-refractivity contribution in [2.24, 2.45) is 5.92 Å². The Morgan fingerprint density at radius 2 is 1.75 bits per heavy atom. The topological polar surface area (TPSA) is 44.8 Å². The van der Waals surface area contributed by atoms with Crippen LogP contribution in [0.4, 0.5) is 0 Å². The Balaban J connectivity index is 1.33. The van der Waals surface area contributed by atoms with E-state index in [-0.39, 0.29) is 5.91 Å². The number of piperidine rings is 1. The van der Waals surface area contributed by atoms with E-state index in [2.05, 4.69) is 10.2 Å². The molecule has 0 unspecified atom stereocenters. The van der Waals surface area contributed by atoms with Crippen LogP contribution in [0.1, 0.15) is 25.7 Å². The van der Waals surface area contributed by atoms with Gasteiger partial charge in [-0.3, -0.25) is 9.69 Å². The van der Waals surface area contributed by atoms with Crippen molar-refractivity contribution < 1.29 is 9.53 Å². The number of carbonyl (C=O) groups is 1. The van der Waals surface area contributed by atoms with Gasteiger partial charge in [0.15, 0.2) is 0 Å². The van der Waals surface area contributed by atoms with Gasteiger partial charge in [0.2, 0.25) is 5.91 Å². The van der Waals surface area contributed by atoms with Crippen LogP contribution in [-0.2, 0) is 9.53 Å². The van der Waals surface area contributed by atoms with Crippen LogP contribution in [0.5, 0.6) is 0 Å². The molecule has 3 fully saturated rings. The Bertz CT molecular complexity index is 319. The molecular formula is C15H27N3O2. The number of morpholine rings is 1. The smallest absolute Gasteiger partial charge is 0.236 e. The molecule has 0 bridgehead atoms. The molecule has 2 aliphatic heterocycles. The number of rotatable bonds is 5. The SMILES string of the molecule is O=C(CN1CCC(NCC2CC2)CC1)N1CCOCC1. The fourth-order valence-corrected chi connectivity index (χ4v) is 3.05. The zero-order chi connectivity index (χ0) is 13.8. The summed E-state index contributed by atoms with van der Waals surface area (Å²) in [6, 6.07) is 0.672. The maximum Gasteiger partial charge on any atom is 0.236 e. The van der Waals surface area contributed by atoms with Crippen molar-refractivity contribution in [1.29, 1.82) is 0 Å². The molecule has 20 heavy (non-hydrogen) atoms. The van der Waals surface area contributed by atoms with Crippen molar-refractivity contribution in [3.05, 3.63) is 0 Å². The zero-order valence-corrected chi connectivity index (χ0v) is 12.4. The summed E-state index contributed by atoms with van der Waals surface area (Å²) in [6.07, 6.45) is 5.20. The van der Waals surface area contributed by atoms with Crippen molar-refractivity contribution in [1.82, 2.24) is 15.1 Å². The highest BCUT2D eigenvalue weighted by Crippen LogP contribution is 2.28.